The van der Waals surface area contributed by atoms with Gasteiger partial charge in [-0.25, -0.2) is 0 Å². The summed E-state index contributed by atoms with van der Waals surface area (Å²) < 4.78 is 5.60. The topological polar surface area (TPSA) is 114 Å². The molecule has 0 radical (unpaired) electrons. The van der Waals surface area contributed by atoms with Crippen molar-refractivity contribution in [2.45, 2.75) is 38.8 Å². The largest absolute Gasteiger partial charge is 0.491 e. The molecule has 152 valence electrons. The number of aliphatic hydroxyl groups is 1. The SMILES string of the molecule is Cc1ccccc1OCC(O)CNC(C)CC(=O)N(C)CCCO[N+](=O)[O-]. The van der Waals surface area contributed by atoms with Crippen LogP contribution in [0.15, 0.2) is 24.3 Å². The Balaban J connectivity index is 2.21. The fourth-order valence-corrected chi connectivity index (χ4v) is 2.36. The molecule has 1 aromatic rings. The molecule has 0 bridgehead atoms. The zero-order chi connectivity index (χ0) is 20.2. The lowest BCUT2D eigenvalue weighted by molar-refractivity contribution is -0.757. The Morgan fingerprint density at radius 3 is 2.78 bits per heavy atom. The molecular weight excluding hydrogens is 354 g/mol. The molecule has 1 aromatic carbocycles. The molecule has 0 fully saturated rings. The third kappa shape index (κ3) is 9.76. The number of benzene rings is 1. The van der Waals surface area contributed by atoms with Crippen LogP contribution < -0.4 is 10.1 Å². The van der Waals surface area contributed by atoms with Gasteiger partial charge in [0.05, 0.1) is 6.61 Å². The molecule has 0 saturated heterocycles. The van der Waals surface area contributed by atoms with E-state index in [9.17, 15) is 20.0 Å². The fraction of sp³-hybridized carbons (Fsp3) is 0.611. The van der Waals surface area contributed by atoms with Gasteiger partial charge in [-0.15, -0.1) is 10.1 Å². The summed E-state index contributed by atoms with van der Waals surface area (Å²) in [6.07, 6.45) is -0.0445. The molecule has 2 N–H and O–H groups in total. The van der Waals surface area contributed by atoms with Gasteiger partial charge < -0.3 is 24.9 Å². The number of nitrogens with zero attached hydrogens (tertiary/aromatic N) is 2. The van der Waals surface area contributed by atoms with Gasteiger partial charge in [-0.05, 0) is 31.9 Å². The molecule has 0 saturated carbocycles. The summed E-state index contributed by atoms with van der Waals surface area (Å²) >= 11 is 0. The number of para-hydroxylation sites is 1. The van der Waals surface area contributed by atoms with Gasteiger partial charge in [-0.1, -0.05) is 18.2 Å². The van der Waals surface area contributed by atoms with Crippen LogP contribution in [0.1, 0.15) is 25.3 Å². The normalized spacial score (nSPS) is 12.9. The van der Waals surface area contributed by atoms with Crippen LogP contribution in [0.4, 0.5) is 0 Å². The number of amides is 1. The van der Waals surface area contributed by atoms with Crippen molar-refractivity contribution in [1.29, 1.82) is 0 Å². The van der Waals surface area contributed by atoms with Crippen molar-refractivity contribution in [2.75, 3.05) is 33.4 Å². The highest BCUT2D eigenvalue weighted by atomic mass is 16.9. The van der Waals surface area contributed by atoms with Crippen molar-refractivity contribution >= 4 is 5.91 Å². The first-order chi connectivity index (χ1) is 12.8. The van der Waals surface area contributed by atoms with Gasteiger partial charge in [0, 0.05) is 32.6 Å². The summed E-state index contributed by atoms with van der Waals surface area (Å²) in [7, 11) is 1.64. The molecule has 0 spiro atoms. The lowest BCUT2D eigenvalue weighted by Crippen LogP contribution is -2.40. The number of aliphatic hydroxyl groups excluding tert-OH is 1. The maximum Gasteiger partial charge on any atom is 0.294 e. The molecule has 2 unspecified atom stereocenters. The van der Waals surface area contributed by atoms with E-state index in [-0.39, 0.29) is 31.6 Å². The molecule has 1 rings (SSSR count). The van der Waals surface area contributed by atoms with Gasteiger partial charge in [-0.3, -0.25) is 4.79 Å². The van der Waals surface area contributed by atoms with Crippen molar-refractivity contribution in [1.82, 2.24) is 10.2 Å². The Hall–Kier alpha value is -2.39. The van der Waals surface area contributed by atoms with Crippen molar-refractivity contribution in [2.24, 2.45) is 0 Å². The number of carbonyl (C=O) groups is 1. The molecule has 9 heteroatoms. The van der Waals surface area contributed by atoms with E-state index >= 15 is 0 Å². The molecule has 2 atom stereocenters. The molecule has 0 aromatic heterocycles. The van der Waals surface area contributed by atoms with Crippen LogP contribution in [0.3, 0.4) is 0 Å². The predicted octanol–water partition coefficient (Wildman–Crippen LogP) is 1.16. The highest BCUT2D eigenvalue weighted by molar-refractivity contribution is 5.76. The third-order valence-corrected chi connectivity index (χ3v) is 3.97. The van der Waals surface area contributed by atoms with E-state index in [1.807, 2.05) is 38.1 Å². The van der Waals surface area contributed by atoms with E-state index < -0.39 is 11.2 Å². The number of hydrogen-bond acceptors (Lipinski definition) is 7. The van der Waals surface area contributed by atoms with Crippen molar-refractivity contribution in [3.63, 3.8) is 0 Å². The molecule has 9 nitrogen and oxygen atoms in total. The minimum atomic E-state index is -0.845. The van der Waals surface area contributed by atoms with Crippen LogP contribution in [-0.4, -0.2) is 66.5 Å². The summed E-state index contributed by atoms with van der Waals surface area (Å²) in [6.45, 7) is 4.61. The van der Waals surface area contributed by atoms with E-state index in [1.165, 1.54) is 4.90 Å². The second-order valence-electron chi connectivity index (χ2n) is 6.47. The Morgan fingerprint density at radius 2 is 2.11 bits per heavy atom. The molecule has 0 aliphatic heterocycles. The Morgan fingerprint density at radius 1 is 1.41 bits per heavy atom. The van der Waals surface area contributed by atoms with Crippen molar-refractivity contribution < 1.29 is 24.6 Å². The number of aryl methyl sites for hydroxylation is 1. The lowest BCUT2D eigenvalue weighted by atomic mass is 10.2. The molecule has 27 heavy (non-hydrogen) atoms. The predicted molar refractivity (Wildman–Crippen MR) is 100.0 cm³/mol. The molecule has 0 heterocycles. The summed E-state index contributed by atoms with van der Waals surface area (Å²) in [6, 6.07) is 7.46. The maximum atomic E-state index is 12.1. The number of carbonyl (C=O) groups excluding carboxylic acids is 1. The Bertz CT molecular complexity index is 598. The standard InChI is InChI=1S/C18H29N3O6/c1-14-7-4-5-8-17(14)26-13-16(22)12-19-15(2)11-18(23)20(3)9-6-10-27-21(24)25/h4-5,7-8,15-16,19,22H,6,9-13H2,1-3H3. The summed E-state index contributed by atoms with van der Waals surface area (Å²) in [5.74, 6) is 0.657. The van der Waals surface area contributed by atoms with Crippen LogP contribution in [0.2, 0.25) is 0 Å². The zero-order valence-electron chi connectivity index (χ0n) is 16.1. The van der Waals surface area contributed by atoms with Crippen molar-refractivity contribution in [3.8, 4) is 5.75 Å². The van der Waals surface area contributed by atoms with Crippen LogP contribution in [0.25, 0.3) is 0 Å². The van der Waals surface area contributed by atoms with E-state index in [0.717, 1.165) is 11.3 Å². The zero-order valence-corrected chi connectivity index (χ0v) is 16.1. The lowest BCUT2D eigenvalue weighted by Gasteiger charge is -2.21. The fourth-order valence-electron chi connectivity index (χ4n) is 2.36. The number of rotatable bonds is 13. The van der Waals surface area contributed by atoms with Gasteiger partial charge in [0.1, 0.15) is 18.5 Å². The second-order valence-corrected chi connectivity index (χ2v) is 6.47. The number of hydrogen-bond donors (Lipinski definition) is 2. The minimum absolute atomic E-state index is 0.0362. The first-order valence-corrected chi connectivity index (χ1v) is 8.90. The van der Waals surface area contributed by atoms with Gasteiger partial charge in [0.2, 0.25) is 5.91 Å². The van der Waals surface area contributed by atoms with E-state index in [1.54, 1.807) is 7.05 Å². The van der Waals surface area contributed by atoms with E-state index in [4.69, 9.17) is 4.74 Å². The molecule has 0 aliphatic rings. The van der Waals surface area contributed by atoms with Crippen LogP contribution in [0.5, 0.6) is 5.75 Å². The third-order valence-electron chi connectivity index (χ3n) is 3.97. The Kier molecular flexibility index (Phi) is 10.1. The van der Waals surface area contributed by atoms with Gasteiger partial charge >= 0.3 is 0 Å². The first-order valence-electron chi connectivity index (χ1n) is 8.90. The smallest absolute Gasteiger partial charge is 0.294 e. The number of nitrogens with one attached hydrogen (secondary N) is 1. The van der Waals surface area contributed by atoms with Crippen molar-refractivity contribution in [3.05, 3.63) is 39.9 Å². The number of ether oxygens (including phenoxy) is 1. The first kappa shape index (κ1) is 22.7. The van der Waals surface area contributed by atoms with E-state index in [0.29, 0.717) is 19.5 Å². The van der Waals surface area contributed by atoms with E-state index in [2.05, 4.69) is 10.2 Å². The Labute approximate surface area is 159 Å². The average molecular weight is 383 g/mol. The molecular formula is C18H29N3O6. The monoisotopic (exact) mass is 383 g/mol. The van der Waals surface area contributed by atoms with Crippen LogP contribution in [-0.2, 0) is 9.63 Å². The summed E-state index contributed by atoms with van der Waals surface area (Å²) in [4.78, 5) is 27.9. The van der Waals surface area contributed by atoms with Crippen LogP contribution in [0, 0.1) is 17.0 Å². The van der Waals surface area contributed by atoms with Gasteiger partial charge in [-0.2, -0.15) is 0 Å². The maximum absolute atomic E-state index is 12.1. The van der Waals surface area contributed by atoms with Gasteiger partial charge in [0.15, 0.2) is 0 Å². The molecule has 1 amide bonds. The second kappa shape index (κ2) is 12.1. The quantitative estimate of drug-likeness (QED) is 0.298. The minimum Gasteiger partial charge on any atom is -0.491 e. The highest BCUT2D eigenvalue weighted by Gasteiger charge is 2.15. The highest BCUT2D eigenvalue weighted by Crippen LogP contribution is 2.16. The average Bonchev–Trinajstić information content (AvgIpc) is 2.62. The molecule has 0 aliphatic carbocycles. The van der Waals surface area contributed by atoms with Crippen LogP contribution >= 0.6 is 0 Å². The summed E-state index contributed by atoms with van der Waals surface area (Å²) in [5, 5.41) is 22.4. The van der Waals surface area contributed by atoms with Gasteiger partial charge in [0.25, 0.3) is 5.09 Å². The summed E-state index contributed by atoms with van der Waals surface area (Å²) in [5.41, 5.74) is 1.00.